The Labute approximate surface area is 179 Å². The second-order valence-electron chi connectivity index (χ2n) is 6.89. The molecule has 0 amide bonds. The molecule has 6 nitrogen and oxygen atoms in total. The molecule has 2 heterocycles. The van der Waals surface area contributed by atoms with E-state index in [4.69, 9.17) is 16.3 Å². The quantitative estimate of drug-likeness (QED) is 0.591. The summed E-state index contributed by atoms with van der Waals surface area (Å²) in [6.45, 7) is 4.02. The molecule has 1 fully saturated rings. The molecule has 3 aromatic rings. The summed E-state index contributed by atoms with van der Waals surface area (Å²) in [5, 5.41) is 0.386. The van der Waals surface area contributed by atoms with E-state index in [2.05, 4.69) is 4.98 Å². The van der Waals surface area contributed by atoms with Crippen LogP contribution in [-0.4, -0.2) is 48.6 Å². The molecule has 2 aromatic carbocycles. The molecule has 0 radical (unpaired) electrons. The Kier molecular flexibility index (Phi) is 5.92. The average Bonchev–Trinajstić information content (AvgIpc) is 3.14. The average molecular weight is 450 g/mol. The van der Waals surface area contributed by atoms with Gasteiger partial charge in [0.15, 0.2) is 5.82 Å². The highest BCUT2D eigenvalue weighted by Gasteiger charge is 2.27. The van der Waals surface area contributed by atoms with Crippen molar-refractivity contribution in [2.24, 2.45) is 0 Å². The van der Waals surface area contributed by atoms with E-state index in [1.165, 1.54) is 16.4 Å². The fraction of sp³-hybridized carbons (Fsp3) is 0.286. The first-order valence-electron chi connectivity index (χ1n) is 9.61. The summed E-state index contributed by atoms with van der Waals surface area (Å²) in [4.78, 5) is 4.79. The number of benzene rings is 2. The van der Waals surface area contributed by atoms with Crippen molar-refractivity contribution in [2.75, 3.05) is 26.3 Å². The molecule has 9 heteroatoms. The van der Waals surface area contributed by atoms with Crippen LogP contribution in [0.4, 0.5) is 4.39 Å². The molecule has 0 N–H and O–H groups in total. The zero-order chi connectivity index (χ0) is 21.3. The summed E-state index contributed by atoms with van der Waals surface area (Å²) in [7, 11) is -3.62. The monoisotopic (exact) mass is 449 g/mol. The second kappa shape index (κ2) is 8.47. The highest BCUT2D eigenvalue weighted by atomic mass is 35.5. The van der Waals surface area contributed by atoms with Crippen molar-refractivity contribution in [3.05, 3.63) is 59.7 Å². The number of sulfonamides is 1. The van der Waals surface area contributed by atoms with E-state index in [1.54, 1.807) is 36.4 Å². The lowest BCUT2D eigenvalue weighted by Gasteiger charge is -2.26. The van der Waals surface area contributed by atoms with Crippen molar-refractivity contribution in [1.29, 1.82) is 0 Å². The van der Waals surface area contributed by atoms with Crippen molar-refractivity contribution in [3.8, 4) is 0 Å². The number of aromatic nitrogens is 2. The first kappa shape index (κ1) is 21.0. The summed E-state index contributed by atoms with van der Waals surface area (Å²) in [5.41, 5.74) is 2.08. The maximum atomic E-state index is 13.1. The van der Waals surface area contributed by atoms with Crippen LogP contribution in [0.25, 0.3) is 22.1 Å². The lowest BCUT2D eigenvalue weighted by atomic mass is 10.2. The predicted octanol–water partition coefficient (Wildman–Crippen LogP) is 3.95. The van der Waals surface area contributed by atoms with Gasteiger partial charge in [-0.15, -0.1) is 0 Å². The van der Waals surface area contributed by atoms with Crippen LogP contribution in [0.3, 0.4) is 0 Å². The third-order valence-corrected chi connectivity index (χ3v) is 7.19. The number of nitrogens with zero attached hydrogens (tertiary/aromatic N) is 3. The number of hydrogen-bond donors (Lipinski definition) is 0. The molecule has 0 spiro atoms. The van der Waals surface area contributed by atoms with Crippen LogP contribution >= 0.6 is 11.6 Å². The van der Waals surface area contributed by atoms with Crippen LogP contribution < -0.4 is 0 Å². The Bertz CT molecular complexity index is 1200. The molecule has 158 valence electrons. The molecule has 0 aliphatic carbocycles. The summed E-state index contributed by atoms with van der Waals surface area (Å²) in [6.07, 6.45) is 1.71. The van der Waals surface area contributed by atoms with E-state index in [1.807, 2.05) is 11.5 Å². The molecule has 0 unspecified atom stereocenters. The number of halogens is 2. The topological polar surface area (TPSA) is 64.4 Å². The van der Waals surface area contributed by atoms with Gasteiger partial charge in [0.1, 0.15) is 5.82 Å². The van der Waals surface area contributed by atoms with E-state index in [0.29, 0.717) is 49.2 Å². The number of imidazole rings is 1. The van der Waals surface area contributed by atoms with Gasteiger partial charge < -0.3 is 9.30 Å². The van der Waals surface area contributed by atoms with E-state index in [-0.39, 0.29) is 10.7 Å². The Morgan fingerprint density at radius 3 is 2.57 bits per heavy atom. The second-order valence-corrected chi connectivity index (χ2v) is 9.24. The van der Waals surface area contributed by atoms with E-state index in [9.17, 15) is 12.8 Å². The predicted molar refractivity (Wildman–Crippen MR) is 115 cm³/mol. The van der Waals surface area contributed by atoms with Gasteiger partial charge in [0.05, 0.1) is 34.2 Å². The maximum absolute atomic E-state index is 13.1. The third-order valence-electron chi connectivity index (χ3n) is 5.02. The minimum absolute atomic E-state index is 0.197. The van der Waals surface area contributed by atoms with Gasteiger partial charge in [-0.3, -0.25) is 0 Å². The lowest BCUT2D eigenvalue weighted by Crippen LogP contribution is -2.40. The van der Waals surface area contributed by atoms with E-state index < -0.39 is 10.0 Å². The Balaban J connectivity index is 1.74. The molecule has 0 saturated carbocycles. The van der Waals surface area contributed by atoms with Gasteiger partial charge in [0, 0.05) is 19.6 Å². The first-order chi connectivity index (χ1) is 14.4. The van der Waals surface area contributed by atoms with Crippen molar-refractivity contribution in [2.45, 2.75) is 18.4 Å². The van der Waals surface area contributed by atoms with Gasteiger partial charge in [-0.1, -0.05) is 23.7 Å². The van der Waals surface area contributed by atoms with E-state index >= 15 is 0 Å². The van der Waals surface area contributed by atoms with Gasteiger partial charge >= 0.3 is 0 Å². The van der Waals surface area contributed by atoms with Gasteiger partial charge in [0.2, 0.25) is 10.0 Å². The number of fused-ring (bicyclic) bond motifs is 1. The summed E-state index contributed by atoms with van der Waals surface area (Å²) in [5.74, 6) is 0.206. The van der Waals surface area contributed by atoms with Crippen LogP contribution in [0.2, 0.25) is 0 Å². The molecule has 1 saturated heterocycles. The minimum atomic E-state index is -3.62. The van der Waals surface area contributed by atoms with Gasteiger partial charge in [-0.05, 0) is 48.9 Å². The summed E-state index contributed by atoms with van der Waals surface area (Å²) < 4.78 is 47.7. The highest BCUT2D eigenvalue weighted by molar-refractivity contribution is 7.89. The number of aryl methyl sites for hydroxylation is 1. The van der Waals surface area contributed by atoms with Crippen LogP contribution in [0.5, 0.6) is 0 Å². The molecule has 1 aliphatic rings. The fourth-order valence-electron chi connectivity index (χ4n) is 3.48. The Morgan fingerprint density at radius 2 is 1.90 bits per heavy atom. The van der Waals surface area contributed by atoms with Crippen LogP contribution in [0.15, 0.2) is 47.4 Å². The lowest BCUT2D eigenvalue weighted by molar-refractivity contribution is 0.0730. The normalized spacial score (nSPS) is 16.3. The molecule has 1 aliphatic heterocycles. The molecule has 1 aromatic heterocycles. The maximum Gasteiger partial charge on any atom is 0.243 e. The minimum Gasteiger partial charge on any atom is -0.379 e. The van der Waals surface area contributed by atoms with Crippen molar-refractivity contribution >= 4 is 43.8 Å². The SMILES string of the molecule is CCn1c(C(Cl)=Cc2ccc(F)cc2)nc2cc(S(=O)(=O)N3CCOCC3)ccc21. The molecule has 0 bridgehead atoms. The Hall–Kier alpha value is -2.26. The van der Waals surface area contributed by atoms with Gasteiger partial charge in [-0.2, -0.15) is 4.31 Å². The number of ether oxygens (including phenoxy) is 1. The standard InChI is InChI=1S/C21H21ClFN3O3S/c1-2-26-20-8-7-17(30(27,28)25-9-11-29-12-10-25)14-19(20)24-21(26)18(22)13-15-3-5-16(23)6-4-15/h3-8,13-14H,2,9-12H2,1H3. The first-order valence-corrected chi connectivity index (χ1v) is 11.4. The highest BCUT2D eigenvalue weighted by Crippen LogP contribution is 2.28. The molecule has 30 heavy (non-hydrogen) atoms. The smallest absolute Gasteiger partial charge is 0.243 e. The fourth-order valence-corrected chi connectivity index (χ4v) is 5.18. The van der Waals surface area contributed by atoms with Gasteiger partial charge in [-0.25, -0.2) is 17.8 Å². The van der Waals surface area contributed by atoms with Crippen LogP contribution in [0.1, 0.15) is 18.3 Å². The molecule has 0 atom stereocenters. The summed E-state index contributed by atoms with van der Waals surface area (Å²) in [6, 6.07) is 10.9. The summed E-state index contributed by atoms with van der Waals surface area (Å²) >= 11 is 6.53. The number of morpholine rings is 1. The van der Waals surface area contributed by atoms with E-state index in [0.717, 1.165) is 11.1 Å². The number of rotatable bonds is 5. The molecular weight excluding hydrogens is 429 g/mol. The Morgan fingerprint density at radius 1 is 1.20 bits per heavy atom. The third kappa shape index (κ3) is 4.00. The number of hydrogen-bond acceptors (Lipinski definition) is 4. The van der Waals surface area contributed by atoms with Crippen LogP contribution in [-0.2, 0) is 21.3 Å². The zero-order valence-electron chi connectivity index (χ0n) is 16.4. The van der Waals surface area contributed by atoms with Gasteiger partial charge in [0.25, 0.3) is 0 Å². The van der Waals surface area contributed by atoms with Crippen LogP contribution in [0, 0.1) is 5.82 Å². The van der Waals surface area contributed by atoms with Crippen molar-refractivity contribution < 1.29 is 17.5 Å². The zero-order valence-corrected chi connectivity index (χ0v) is 18.0. The van der Waals surface area contributed by atoms with Crippen molar-refractivity contribution in [3.63, 3.8) is 0 Å². The van der Waals surface area contributed by atoms with Crippen molar-refractivity contribution in [1.82, 2.24) is 13.9 Å². The largest absolute Gasteiger partial charge is 0.379 e. The molecular formula is C21H21ClFN3O3S. The molecule has 4 rings (SSSR count).